The highest BCUT2D eigenvalue weighted by atomic mass is 16.2. The standard InChI is InChI=1S/C22H27N3O3/c1-14(2)20(25-21(27)19-8-6-5-7-15(19)3)22(28)23-13-17-9-11-18(12-10-17)24-16(4)26/h5-12,14,20H,13H2,1-4H3,(H,23,28)(H,24,26)(H,25,27). The Labute approximate surface area is 165 Å². The number of anilines is 1. The number of hydrogen-bond donors (Lipinski definition) is 3. The second-order valence-corrected chi connectivity index (χ2v) is 7.11. The summed E-state index contributed by atoms with van der Waals surface area (Å²) in [6.07, 6.45) is 0. The van der Waals surface area contributed by atoms with Gasteiger partial charge in [0.25, 0.3) is 5.91 Å². The molecular formula is C22H27N3O3. The summed E-state index contributed by atoms with van der Waals surface area (Å²) >= 11 is 0. The van der Waals surface area contributed by atoms with Crippen LogP contribution in [0.25, 0.3) is 0 Å². The molecule has 0 heterocycles. The molecule has 0 aliphatic heterocycles. The van der Waals surface area contributed by atoms with E-state index in [0.29, 0.717) is 17.8 Å². The van der Waals surface area contributed by atoms with E-state index in [0.717, 1.165) is 11.1 Å². The van der Waals surface area contributed by atoms with Gasteiger partial charge in [0.2, 0.25) is 11.8 Å². The Morgan fingerprint density at radius 3 is 2.18 bits per heavy atom. The molecule has 6 heteroatoms. The molecule has 0 radical (unpaired) electrons. The van der Waals surface area contributed by atoms with Gasteiger partial charge >= 0.3 is 0 Å². The summed E-state index contributed by atoms with van der Waals surface area (Å²) in [5, 5.41) is 8.41. The van der Waals surface area contributed by atoms with Crippen molar-refractivity contribution in [2.24, 2.45) is 5.92 Å². The first kappa shape index (κ1) is 21.2. The summed E-state index contributed by atoms with van der Waals surface area (Å²) in [5.41, 5.74) is 3.03. The van der Waals surface area contributed by atoms with Crippen LogP contribution in [0.3, 0.4) is 0 Å². The Kier molecular flexibility index (Phi) is 7.32. The van der Waals surface area contributed by atoms with Gasteiger partial charge in [-0.3, -0.25) is 14.4 Å². The number of nitrogens with one attached hydrogen (secondary N) is 3. The highest BCUT2D eigenvalue weighted by Gasteiger charge is 2.24. The minimum absolute atomic E-state index is 0.0601. The summed E-state index contributed by atoms with van der Waals surface area (Å²) in [6, 6.07) is 13.9. The van der Waals surface area contributed by atoms with Gasteiger partial charge in [0.1, 0.15) is 6.04 Å². The second-order valence-electron chi connectivity index (χ2n) is 7.11. The molecule has 2 aromatic rings. The van der Waals surface area contributed by atoms with Crippen LogP contribution in [0.4, 0.5) is 5.69 Å². The maximum atomic E-state index is 12.6. The van der Waals surface area contributed by atoms with Crippen LogP contribution >= 0.6 is 0 Å². The summed E-state index contributed by atoms with van der Waals surface area (Å²) in [5.74, 6) is -0.685. The molecule has 1 atom stereocenters. The first-order chi connectivity index (χ1) is 13.3. The van der Waals surface area contributed by atoms with Crippen molar-refractivity contribution in [1.82, 2.24) is 10.6 Å². The van der Waals surface area contributed by atoms with Crippen molar-refractivity contribution in [2.45, 2.75) is 40.3 Å². The van der Waals surface area contributed by atoms with E-state index in [1.54, 1.807) is 24.3 Å². The van der Waals surface area contributed by atoms with E-state index in [1.165, 1.54) is 6.92 Å². The quantitative estimate of drug-likeness (QED) is 0.689. The molecule has 0 saturated heterocycles. The zero-order valence-corrected chi connectivity index (χ0v) is 16.7. The number of amides is 3. The first-order valence-corrected chi connectivity index (χ1v) is 9.28. The fourth-order valence-electron chi connectivity index (χ4n) is 2.79. The smallest absolute Gasteiger partial charge is 0.252 e. The van der Waals surface area contributed by atoms with Gasteiger partial charge in [0.15, 0.2) is 0 Å². The molecule has 0 bridgehead atoms. The summed E-state index contributed by atoms with van der Waals surface area (Å²) in [4.78, 5) is 36.3. The molecule has 0 aromatic heterocycles. The van der Waals surface area contributed by atoms with E-state index < -0.39 is 6.04 Å². The van der Waals surface area contributed by atoms with Crippen LogP contribution in [0.1, 0.15) is 42.3 Å². The average molecular weight is 381 g/mol. The lowest BCUT2D eigenvalue weighted by Gasteiger charge is -2.22. The SMILES string of the molecule is CC(=O)Nc1ccc(CNC(=O)C(NC(=O)c2ccccc2C)C(C)C)cc1. The lowest BCUT2D eigenvalue weighted by molar-refractivity contribution is -0.124. The molecule has 6 nitrogen and oxygen atoms in total. The summed E-state index contributed by atoms with van der Waals surface area (Å²) in [7, 11) is 0. The minimum Gasteiger partial charge on any atom is -0.350 e. The van der Waals surface area contributed by atoms with Gasteiger partial charge in [-0.2, -0.15) is 0 Å². The first-order valence-electron chi connectivity index (χ1n) is 9.28. The Balaban J connectivity index is 1.98. The van der Waals surface area contributed by atoms with Gasteiger partial charge in [-0.1, -0.05) is 44.2 Å². The van der Waals surface area contributed by atoms with Crippen molar-refractivity contribution in [2.75, 3.05) is 5.32 Å². The Morgan fingerprint density at radius 1 is 0.964 bits per heavy atom. The number of hydrogen-bond acceptors (Lipinski definition) is 3. The van der Waals surface area contributed by atoms with E-state index in [9.17, 15) is 14.4 Å². The molecule has 0 aliphatic carbocycles. The van der Waals surface area contributed by atoms with Crippen LogP contribution in [-0.4, -0.2) is 23.8 Å². The Morgan fingerprint density at radius 2 is 1.61 bits per heavy atom. The van der Waals surface area contributed by atoms with E-state index in [2.05, 4.69) is 16.0 Å². The number of carbonyl (C=O) groups excluding carboxylic acids is 3. The van der Waals surface area contributed by atoms with Crippen LogP contribution in [0.15, 0.2) is 48.5 Å². The van der Waals surface area contributed by atoms with Crippen molar-refractivity contribution in [3.8, 4) is 0 Å². The fraction of sp³-hybridized carbons (Fsp3) is 0.318. The van der Waals surface area contributed by atoms with Crippen molar-refractivity contribution >= 4 is 23.4 Å². The lowest BCUT2D eigenvalue weighted by Crippen LogP contribution is -2.49. The number of carbonyl (C=O) groups is 3. The molecule has 148 valence electrons. The molecule has 0 fully saturated rings. The van der Waals surface area contributed by atoms with E-state index in [4.69, 9.17) is 0 Å². The Bertz CT molecular complexity index is 844. The van der Waals surface area contributed by atoms with Gasteiger partial charge in [0.05, 0.1) is 0 Å². The maximum absolute atomic E-state index is 12.6. The summed E-state index contributed by atoms with van der Waals surface area (Å²) in [6.45, 7) is 7.44. The highest BCUT2D eigenvalue weighted by Crippen LogP contribution is 2.11. The molecule has 0 aliphatic rings. The van der Waals surface area contributed by atoms with Crippen LogP contribution in [0.2, 0.25) is 0 Å². The molecule has 3 N–H and O–H groups in total. The van der Waals surface area contributed by atoms with Gasteiger partial charge in [-0.25, -0.2) is 0 Å². The van der Waals surface area contributed by atoms with Crippen LogP contribution < -0.4 is 16.0 Å². The van der Waals surface area contributed by atoms with Gasteiger partial charge in [0, 0.05) is 24.7 Å². The van der Waals surface area contributed by atoms with E-state index >= 15 is 0 Å². The van der Waals surface area contributed by atoms with E-state index in [1.807, 2.05) is 45.0 Å². The van der Waals surface area contributed by atoms with Crippen molar-refractivity contribution in [3.05, 3.63) is 65.2 Å². The number of rotatable bonds is 7. The molecule has 1 unspecified atom stereocenters. The lowest BCUT2D eigenvalue weighted by atomic mass is 10.0. The maximum Gasteiger partial charge on any atom is 0.252 e. The molecule has 0 saturated carbocycles. The molecule has 28 heavy (non-hydrogen) atoms. The topological polar surface area (TPSA) is 87.3 Å². The highest BCUT2D eigenvalue weighted by molar-refractivity contribution is 5.98. The molecule has 3 amide bonds. The van der Waals surface area contributed by atoms with Crippen LogP contribution in [0, 0.1) is 12.8 Å². The average Bonchev–Trinajstić information content (AvgIpc) is 2.64. The largest absolute Gasteiger partial charge is 0.350 e. The predicted molar refractivity (Wildman–Crippen MR) is 110 cm³/mol. The number of aryl methyl sites for hydroxylation is 1. The van der Waals surface area contributed by atoms with Crippen molar-refractivity contribution < 1.29 is 14.4 Å². The monoisotopic (exact) mass is 381 g/mol. The van der Waals surface area contributed by atoms with Gasteiger partial charge < -0.3 is 16.0 Å². The minimum atomic E-state index is -0.634. The normalized spacial score (nSPS) is 11.6. The second kappa shape index (κ2) is 9.69. The third-order valence-electron chi connectivity index (χ3n) is 4.37. The van der Waals surface area contributed by atoms with Gasteiger partial charge in [-0.15, -0.1) is 0 Å². The van der Waals surface area contributed by atoms with Gasteiger partial charge in [-0.05, 0) is 42.2 Å². The summed E-state index contributed by atoms with van der Waals surface area (Å²) < 4.78 is 0. The van der Waals surface area contributed by atoms with Crippen molar-refractivity contribution in [3.63, 3.8) is 0 Å². The third-order valence-corrected chi connectivity index (χ3v) is 4.37. The number of benzene rings is 2. The molecule has 2 aromatic carbocycles. The Hall–Kier alpha value is -3.15. The van der Waals surface area contributed by atoms with Crippen LogP contribution in [0.5, 0.6) is 0 Å². The molecule has 2 rings (SSSR count). The van der Waals surface area contributed by atoms with E-state index in [-0.39, 0.29) is 23.6 Å². The fourth-order valence-corrected chi connectivity index (χ4v) is 2.79. The molecule has 0 spiro atoms. The zero-order chi connectivity index (χ0) is 20.7. The zero-order valence-electron chi connectivity index (χ0n) is 16.7. The van der Waals surface area contributed by atoms with Crippen molar-refractivity contribution in [1.29, 1.82) is 0 Å². The molecular weight excluding hydrogens is 354 g/mol. The third kappa shape index (κ3) is 5.94. The predicted octanol–water partition coefficient (Wildman–Crippen LogP) is 3.02. The van der Waals surface area contributed by atoms with Crippen LogP contribution in [-0.2, 0) is 16.1 Å².